The molecular weight excluding hydrogens is 328 g/mol. The van der Waals surface area contributed by atoms with Gasteiger partial charge >= 0.3 is 0 Å². The lowest BCUT2D eigenvalue weighted by Gasteiger charge is -2.40. The van der Waals surface area contributed by atoms with Gasteiger partial charge in [-0.2, -0.15) is 5.10 Å². The second kappa shape index (κ2) is 6.37. The number of carbonyl (C=O) groups excluding carboxylic acids is 1. The number of rotatable bonds is 3. The van der Waals surface area contributed by atoms with Crippen molar-refractivity contribution >= 4 is 11.9 Å². The molecule has 0 N–H and O–H groups in total. The maximum Gasteiger partial charge on any atom is 0.257 e. The van der Waals surface area contributed by atoms with Crippen LogP contribution >= 0.6 is 0 Å². The lowest BCUT2D eigenvalue weighted by Crippen LogP contribution is -2.48. The van der Waals surface area contributed by atoms with Gasteiger partial charge in [-0.1, -0.05) is 0 Å². The topological polar surface area (TPSA) is 67.2 Å². The Hall–Kier alpha value is -2.44. The number of aromatic nitrogens is 4. The minimum absolute atomic E-state index is 0.0301. The molecule has 2 aromatic heterocycles. The van der Waals surface area contributed by atoms with Gasteiger partial charge in [0.05, 0.1) is 17.5 Å². The third kappa shape index (κ3) is 2.75. The van der Waals surface area contributed by atoms with E-state index in [1.807, 2.05) is 43.2 Å². The molecule has 1 aliphatic carbocycles. The van der Waals surface area contributed by atoms with Gasteiger partial charge in [0.15, 0.2) is 0 Å². The first-order valence-electron chi connectivity index (χ1n) is 9.38. The summed E-state index contributed by atoms with van der Waals surface area (Å²) in [7, 11) is 3.93. The third-order valence-electron chi connectivity index (χ3n) is 5.70. The van der Waals surface area contributed by atoms with Gasteiger partial charge in [-0.05, 0) is 38.2 Å². The van der Waals surface area contributed by atoms with E-state index in [0.29, 0.717) is 5.56 Å². The van der Waals surface area contributed by atoms with Crippen LogP contribution < -0.4 is 4.90 Å². The highest BCUT2D eigenvalue weighted by molar-refractivity contribution is 5.93. The zero-order valence-electron chi connectivity index (χ0n) is 15.8. The molecule has 1 spiro atoms. The molecule has 0 aromatic carbocycles. The molecule has 1 amide bonds. The van der Waals surface area contributed by atoms with Crippen LogP contribution in [0.15, 0.2) is 18.6 Å². The van der Waals surface area contributed by atoms with Crippen LogP contribution in [0, 0.1) is 0 Å². The van der Waals surface area contributed by atoms with E-state index in [0.717, 1.165) is 57.0 Å². The van der Waals surface area contributed by atoms with Crippen molar-refractivity contribution in [2.24, 2.45) is 0 Å². The zero-order chi connectivity index (χ0) is 18.3. The maximum absolute atomic E-state index is 13.0. The summed E-state index contributed by atoms with van der Waals surface area (Å²) >= 11 is 0. The number of likely N-dealkylation sites (tertiary alicyclic amines) is 1. The van der Waals surface area contributed by atoms with Crippen LogP contribution in [-0.4, -0.2) is 57.7 Å². The Kier molecular flexibility index (Phi) is 4.17. The minimum Gasteiger partial charge on any atom is -0.347 e. The number of hydrogen-bond donors (Lipinski definition) is 0. The van der Waals surface area contributed by atoms with Crippen LogP contribution in [0.25, 0.3) is 0 Å². The smallest absolute Gasteiger partial charge is 0.257 e. The van der Waals surface area contributed by atoms with E-state index in [2.05, 4.69) is 10.1 Å². The Labute approximate surface area is 154 Å². The maximum atomic E-state index is 13.0. The van der Waals surface area contributed by atoms with Crippen LogP contribution in [0.3, 0.4) is 0 Å². The van der Waals surface area contributed by atoms with Gasteiger partial charge in [0, 0.05) is 51.5 Å². The molecular formula is C19H26N6O. The molecule has 0 radical (unpaired) electrons. The number of aryl methyl sites for hydroxylation is 2. The molecule has 26 heavy (non-hydrogen) atoms. The SMILES string of the molecule is CCn1cc(C(=O)N2CCCC3(CCc4cnc(N(C)C)nc43)C2)cn1. The highest BCUT2D eigenvalue weighted by Gasteiger charge is 2.45. The normalized spacial score (nSPS) is 21.9. The zero-order valence-corrected chi connectivity index (χ0v) is 15.8. The van der Waals surface area contributed by atoms with Crippen molar-refractivity contribution in [3.8, 4) is 0 Å². The van der Waals surface area contributed by atoms with E-state index in [-0.39, 0.29) is 11.3 Å². The van der Waals surface area contributed by atoms with E-state index in [1.54, 1.807) is 10.9 Å². The summed E-state index contributed by atoms with van der Waals surface area (Å²) in [4.78, 5) is 26.3. The highest BCUT2D eigenvalue weighted by atomic mass is 16.2. The summed E-state index contributed by atoms with van der Waals surface area (Å²) in [5.41, 5.74) is 3.04. The lowest BCUT2D eigenvalue weighted by molar-refractivity contribution is 0.0633. The Morgan fingerprint density at radius 1 is 1.31 bits per heavy atom. The van der Waals surface area contributed by atoms with E-state index < -0.39 is 0 Å². The number of carbonyl (C=O) groups is 1. The number of piperidine rings is 1. The molecule has 7 nitrogen and oxygen atoms in total. The van der Waals surface area contributed by atoms with Crippen molar-refractivity contribution in [3.05, 3.63) is 35.4 Å². The summed E-state index contributed by atoms with van der Waals surface area (Å²) in [5.74, 6) is 0.830. The first-order valence-corrected chi connectivity index (χ1v) is 9.38. The summed E-state index contributed by atoms with van der Waals surface area (Å²) in [5, 5.41) is 4.25. The summed E-state index contributed by atoms with van der Waals surface area (Å²) in [6, 6.07) is 0. The van der Waals surface area contributed by atoms with Gasteiger partial charge in [0.25, 0.3) is 5.91 Å². The monoisotopic (exact) mass is 354 g/mol. The van der Waals surface area contributed by atoms with Crippen molar-refractivity contribution < 1.29 is 4.79 Å². The second-order valence-corrected chi connectivity index (χ2v) is 7.63. The van der Waals surface area contributed by atoms with Crippen LogP contribution in [-0.2, 0) is 18.4 Å². The van der Waals surface area contributed by atoms with E-state index in [4.69, 9.17) is 4.98 Å². The minimum atomic E-state index is -0.0301. The molecule has 4 rings (SSSR count). The van der Waals surface area contributed by atoms with Crippen LogP contribution in [0.1, 0.15) is 47.8 Å². The van der Waals surface area contributed by atoms with E-state index in [1.165, 1.54) is 5.56 Å². The van der Waals surface area contributed by atoms with Gasteiger partial charge in [-0.25, -0.2) is 9.97 Å². The fourth-order valence-corrected chi connectivity index (χ4v) is 4.28. The van der Waals surface area contributed by atoms with Gasteiger partial charge in [-0.3, -0.25) is 9.48 Å². The average Bonchev–Trinajstić information content (AvgIpc) is 3.27. The standard InChI is InChI=1S/C19H26N6O/c1-4-25-12-15(11-21-25)17(26)24-9-5-7-19(13-24)8-6-14-10-20-18(23(2)3)22-16(14)19/h10-12H,4-9,13H2,1-3H3. The Morgan fingerprint density at radius 2 is 2.15 bits per heavy atom. The fraction of sp³-hybridized carbons (Fsp3) is 0.579. The van der Waals surface area contributed by atoms with Gasteiger partial charge < -0.3 is 9.80 Å². The van der Waals surface area contributed by atoms with Crippen molar-refractivity contribution in [3.63, 3.8) is 0 Å². The number of nitrogens with zero attached hydrogens (tertiary/aromatic N) is 6. The van der Waals surface area contributed by atoms with Crippen molar-refractivity contribution in [1.29, 1.82) is 0 Å². The molecule has 1 aliphatic heterocycles. The average molecular weight is 354 g/mol. The first kappa shape index (κ1) is 17.0. The van der Waals surface area contributed by atoms with Gasteiger partial charge in [-0.15, -0.1) is 0 Å². The van der Waals surface area contributed by atoms with Crippen LogP contribution in [0.4, 0.5) is 5.95 Å². The lowest BCUT2D eigenvalue weighted by atomic mass is 9.77. The molecule has 2 aliphatic rings. The number of amides is 1. The van der Waals surface area contributed by atoms with Crippen LogP contribution in [0.5, 0.6) is 0 Å². The molecule has 1 atom stereocenters. The van der Waals surface area contributed by atoms with Crippen molar-refractivity contribution in [2.45, 2.75) is 44.6 Å². The quantitative estimate of drug-likeness (QED) is 0.842. The van der Waals surface area contributed by atoms with Gasteiger partial charge in [0.1, 0.15) is 0 Å². The second-order valence-electron chi connectivity index (χ2n) is 7.63. The summed E-state index contributed by atoms with van der Waals surface area (Å²) < 4.78 is 1.80. The molecule has 138 valence electrons. The number of hydrogen-bond acceptors (Lipinski definition) is 5. The molecule has 1 unspecified atom stereocenters. The van der Waals surface area contributed by atoms with Crippen molar-refractivity contribution in [1.82, 2.24) is 24.6 Å². The summed E-state index contributed by atoms with van der Waals surface area (Å²) in [6.07, 6.45) is 9.64. The molecule has 3 heterocycles. The summed E-state index contributed by atoms with van der Waals surface area (Å²) in [6.45, 7) is 4.34. The third-order valence-corrected chi connectivity index (χ3v) is 5.70. The predicted octanol–water partition coefficient (Wildman–Crippen LogP) is 1.88. The largest absolute Gasteiger partial charge is 0.347 e. The molecule has 1 fully saturated rings. The number of anilines is 1. The Balaban J connectivity index is 1.61. The van der Waals surface area contributed by atoms with Gasteiger partial charge in [0.2, 0.25) is 5.95 Å². The fourth-order valence-electron chi connectivity index (χ4n) is 4.28. The number of fused-ring (bicyclic) bond motifs is 2. The molecule has 0 bridgehead atoms. The van der Waals surface area contributed by atoms with Crippen molar-refractivity contribution in [2.75, 3.05) is 32.1 Å². The Morgan fingerprint density at radius 3 is 2.88 bits per heavy atom. The Bertz CT molecular complexity index is 825. The molecule has 7 heteroatoms. The molecule has 1 saturated heterocycles. The highest BCUT2D eigenvalue weighted by Crippen LogP contribution is 2.44. The van der Waals surface area contributed by atoms with E-state index in [9.17, 15) is 4.79 Å². The predicted molar refractivity (Wildman–Crippen MR) is 99.4 cm³/mol. The first-order chi connectivity index (χ1) is 12.5. The van der Waals surface area contributed by atoms with Crippen LogP contribution in [0.2, 0.25) is 0 Å². The molecule has 2 aromatic rings. The van der Waals surface area contributed by atoms with E-state index >= 15 is 0 Å². The molecule has 0 saturated carbocycles.